The lowest BCUT2D eigenvalue weighted by atomic mass is 10.1. The summed E-state index contributed by atoms with van der Waals surface area (Å²) in [5.41, 5.74) is 0. The van der Waals surface area contributed by atoms with Crippen molar-refractivity contribution < 1.29 is 4.42 Å². The van der Waals surface area contributed by atoms with Crippen LogP contribution in [0.2, 0.25) is 0 Å². The highest BCUT2D eigenvalue weighted by Crippen LogP contribution is 2.22. The normalized spacial score (nSPS) is 13.8. The summed E-state index contributed by atoms with van der Waals surface area (Å²) in [4.78, 5) is 0. The first-order valence-corrected chi connectivity index (χ1v) is 4.76. The molecule has 1 unspecified atom stereocenters. The smallest absolute Gasteiger partial charge is 0.121 e. The fraction of sp³-hybridized carbons (Fsp3) is 0.600. The van der Waals surface area contributed by atoms with Crippen LogP contribution in [-0.2, 0) is 6.42 Å². The average Bonchev–Trinajstić information content (AvgIpc) is 2.34. The van der Waals surface area contributed by atoms with Gasteiger partial charge in [-0.25, -0.2) is 0 Å². The largest absolute Gasteiger partial charge is 0.465 e. The van der Waals surface area contributed by atoms with Crippen molar-refractivity contribution in [2.45, 2.75) is 32.6 Å². The van der Waals surface area contributed by atoms with Gasteiger partial charge in [-0.3, -0.25) is 0 Å². The van der Waals surface area contributed by atoms with E-state index in [9.17, 15) is 0 Å². The van der Waals surface area contributed by atoms with Gasteiger partial charge in [0, 0.05) is 6.42 Å². The van der Waals surface area contributed by atoms with Crippen LogP contribution in [0.4, 0.5) is 0 Å². The molecular weight excluding hydrogens is 172 g/mol. The number of alkyl halides is 1. The van der Waals surface area contributed by atoms with E-state index in [1.807, 2.05) is 19.1 Å². The van der Waals surface area contributed by atoms with Crippen LogP contribution in [0.1, 0.15) is 37.7 Å². The van der Waals surface area contributed by atoms with E-state index < -0.39 is 0 Å². The van der Waals surface area contributed by atoms with Crippen LogP contribution < -0.4 is 0 Å². The first-order valence-electron chi connectivity index (χ1n) is 4.32. The van der Waals surface area contributed by atoms with Crippen LogP contribution in [0.15, 0.2) is 16.5 Å². The van der Waals surface area contributed by atoms with Gasteiger partial charge in [0.1, 0.15) is 11.5 Å². The zero-order chi connectivity index (χ0) is 9.14. The van der Waals surface area contributed by atoms with Gasteiger partial charge in [0.05, 0.1) is 5.38 Å². The molecule has 1 aromatic heterocycles. The Morgan fingerprint density at radius 3 is 2.42 bits per heavy atom. The SMILES string of the molecule is CC(C)Cc1ccc(C(C)Cl)o1. The molecule has 1 heterocycles. The van der Waals surface area contributed by atoms with Crippen molar-refractivity contribution in [3.05, 3.63) is 23.7 Å². The molecular formula is C10H15ClO. The summed E-state index contributed by atoms with van der Waals surface area (Å²) in [5, 5.41) is -0.0223. The zero-order valence-corrected chi connectivity index (χ0v) is 8.56. The Morgan fingerprint density at radius 1 is 1.33 bits per heavy atom. The summed E-state index contributed by atoms with van der Waals surface area (Å²) in [7, 11) is 0. The number of furan rings is 1. The second-order valence-corrected chi connectivity index (χ2v) is 4.17. The molecule has 0 fully saturated rings. The van der Waals surface area contributed by atoms with Crippen molar-refractivity contribution in [3.63, 3.8) is 0 Å². The lowest BCUT2D eigenvalue weighted by molar-refractivity contribution is 0.440. The van der Waals surface area contributed by atoms with Crippen molar-refractivity contribution in [3.8, 4) is 0 Å². The lowest BCUT2D eigenvalue weighted by Crippen LogP contribution is -1.91. The van der Waals surface area contributed by atoms with Crippen molar-refractivity contribution >= 4 is 11.6 Å². The molecule has 12 heavy (non-hydrogen) atoms. The second-order valence-electron chi connectivity index (χ2n) is 3.52. The van der Waals surface area contributed by atoms with Crippen LogP contribution in [-0.4, -0.2) is 0 Å². The van der Waals surface area contributed by atoms with Gasteiger partial charge < -0.3 is 4.42 Å². The quantitative estimate of drug-likeness (QED) is 0.655. The van der Waals surface area contributed by atoms with Crippen molar-refractivity contribution in [1.82, 2.24) is 0 Å². The van der Waals surface area contributed by atoms with Crippen molar-refractivity contribution in [2.75, 3.05) is 0 Å². The Hall–Kier alpha value is -0.430. The summed E-state index contributed by atoms with van der Waals surface area (Å²) < 4.78 is 5.52. The third-order valence-corrected chi connectivity index (χ3v) is 1.90. The maximum absolute atomic E-state index is 5.86. The molecule has 0 saturated carbocycles. The molecule has 0 aliphatic heterocycles. The van der Waals surface area contributed by atoms with Gasteiger partial charge in [-0.05, 0) is 25.0 Å². The molecule has 0 aromatic carbocycles. The van der Waals surface area contributed by atoms with E-state index in [2.05, 4.69) is 13.8 Å². The number of rotatable bonds is 3. The third-order valence-electron chi connectivity index (χ3n) is 1.68. The van der Waals surface area contributed by atoms with Crippen molar-refractivity contribution in [1.29, 1.82) is 0 Å². The third kappa shape index (κ3) is 2.56. The molecule has 1 atom stereocenters. The van der Waals surface area contributed by atoms with Gasteiger partial charge in [-0.1, -0.05) is 13.8 Å². The zero-order valence-electron chi connectivity index (χ0n) is 7.80. The molecule has 0 N–H and O–H groups in total. The molecule has 0 spiro atoms. The second kappa shape index (κ2) is 3.99. The van der Waals surface area contributed by atoms with Crippen LogP contribution >= 0.6 is 11.6 Å². The van der Waals surface area contributed by atoms with Crippen LogP contribution in [0.5, 0.6) is 0 Å². The predicted octanol–water partition coefficient (Wildman–Crippen LogP) is 3.78. The highest BCUT2D eigenvalue weighted by molar-refractivity contribution is 6.20. The maximum atomic E-state index is 5.86. The summed E-state index contributed by atoms with van der Waals surface area (Å²) in [6.45, 7) is 6.26. The molecule has 1 aromatic rings. The molecule has 68 valence electrons. The van der Waals surface area contributed by atoms with E-state index in [-0.39, 0.29) is 5.38 Å². The summed E-state index contributed by atoms with van der Waals surface area (Å²) in [5.74, 6) is 2.54. The minimum Gasteiger partial charge on any atom is -0.465 e. The molecule has 1 rings (SSSR count). The van der Waals surface area contributed by atoms with Gasteiger partial charge in [-0.2, -0.15) is 0 Å². The standard InChI is InChI=1S/C10H15ClO/c1-7(2)6-9-4-5-10(12-9)8(3)11/h4-5,7-8H,6H2,1-3H3. The first kappa shape index (κ1) is 9.66. The molecule has 2 heteroatoms. The minimum atomic E-state index is -0.0223. The van der Waals surface area contributed by atoms with E-state index >= 15 is 0 Å². The lowest BCUT2D eigenvalue weighted by Gasteiger charge is -2.00. The van der Waals surface area contributed by atoms with Gasteiger partial charge in [-0.15, -0.1) is 11.6 Å². The van der Waals surface area contributed by atoms with Crippen LogP contribution in [0.25, 0.3) is 0 Å². The molecule has 0 saturated heterocycles. The predicted molar refractivity (Wildman–Crippen MR) is 51.5 cm³/mol. The van der Waals surface area contributed by atoms with Crippen LogP contribution in [0.3, 0.4) is 0 Å². The Bertz CT molecular complexity index is 238. The highest BCUT2D eigenvalue weighted by Gasteiger charge is 2.07. The topological polar surface area (TPSA) is 13.1 Å². The van der Waals surface area contributed by atoms with E-state index in [1.165, 1.54) is 0 Å². The first-order chi connectivity index (χ1) is 5.59. The van der Waals surface area contributed by atoms with E-state index in [0.717, 1.165) is 17.9 Å². The molecule has 0 aliphatic carbocycles. The Kier molecular flexibility index (Phi) is 3.21. The minimum absolute atomic E-state index is 0.0223. The Balaban J connectivity index is 2.64. The highest BCUT2D eigenvalue weighted by atomic mass is 35.5. The van der Waals surface area contributed by atoms with E-state index in [0.29, 0.717) is 5.92 Å². The van der Waals surface area contributed by atoms with Crippen LogP contribution in [0, 0.1) is 5.92 Å². The van der Waals surface area contributed by atoms with Gasteiger partial charge in [0.25, 0.3) is 0 Å². The molecule has 0 amide bonds. The van der Waals surface area contributed by atoms with Gasteiger partial charge in [0.2, 0.25) is 0 Å². The Morgan fingerprint density at radius 2 is 2.00 bits per heavy atom. The maximum Gasteiger partial charge on any atom is 0.121 e. The monoisotopic (exact) mass is 186 g/mol. The van der Waals surface area contributed by atoms with E-state index in [1.54, 1.807) is 0 Å². The molecule has 1 nitrogen and oxygen atoms in total. The molecule has 0 aliphatic rings. The fourth-order valence-corrected chi connectivity index (χ4v) is 1.24. The molecule has 0 radical (unpaired) electrons. The summed E-state index contributed by atoms with van der Waals surface area (Å²) >= 11 is 5.86. The summed E-state index contributed by atoms with van der Waals surface area (Å²) in [6, 6.07) is 3.96. The van der Waals surface area contributed by atoms with E-state index in [4.69, 9.17) is 16.0 Å². The van der Waals surface area contributed by atoms with Gasteiger partial charge >= 0.3 is 0 Å². The molecule has 0 bridgehead atoms. The number of hydrogen-bond acceptors (Lipinski definition) is 1. The Labute approximate surface area is 78.7 Å². The summed E-state index contributed by atoms with van der Waals surface area (Å²) in [6.07, 6.45) is 0.990. The van der Waals surface area contributed by atoms with Gasteiger partial charge in [0.15, 0.2) is 0 Å². The number of halogens is 1. The van der Waals surface area contributed by atoms with Crippen molar-refractivity contribution in [2.24, 2.45) is 5.92 Å². The number of hydrogen-bond donors (Lipinski definition) is 0. The fourth-order valence-electron chi connectivity index (χ4n) is 1.12. The average molecular weight is 187 g/mol.